The van der Waals surface area contributed by atoms with Crippen LogP contribution in [0.15, 0.2) is 18.2 Å². The fourth-order valence-electron chi connectivity index (χ4n) is 0.997. The first-order valence-electron chi connectivity index (χ1n) is 4.27. The van der Waals surface area contributed by atoms with E-state index in [1.54, 1.807) is 0 Å². The molecule has 0 aliphatic heterocycles. The second kappa shape index (κ2) is 4.54. The van der Waals surface area contributed by atoms with Crippen LogP contribution < -0.4 is 5.32 Å². The summed E-state index contributed by atoms with van der Waals surface area (Å²) in [5.41, 5.74) is -0.0577. The minimum absolute atomic E-state index is 0.0577. The Balaban J connectivity index is 2.78. The van der Waals surface area contributed by atoms with Gasteiger partial charge < -0.3 is 10.4 Å². The average molecular weight is 211 g/mol. The second-order valence-electron chi connectivity index (χ2n) is 3.05. The number of nitrogens with one attached hydrogen (secondary N) is 1. The van der Waals surface area contributed by atoms with Crippen molar-refractivity contribution in [1.82, 2.24) is 5.32 Å². The third kappa shape index (κ3) is 3.05. The molecule has 0 aliphatic rings. The van der Waals surface area contributed by atoms with Gasteiger partial charge in [-0.15, -0.1) is 0 Å². The van der Waals surface area contributed by atoms with Crippen LogP contribution in [0.2, 0.25) is 0 Å². The first-order chi connectivity index (χ1) is 7.00. The molecule has 5 heteroatoms. The zero-order valence-corrected chi connectivity index (χ0v) is 8.08. The van der Waals surface area contributed by atoms with Crippen LogP contribution in [0.4, 0.5) is 4.39 Å². The van der Waals surface area contributed by atoms with Crippen LogP contribution in [0.3, 0.4) is 0 Å². The number of carbonyl (C=O) groups is 2. The molecule has 0 radical (unpaired) electrons. The minimum atomic E-state index is -0.629. The molecule has 0 saturated heterocycles. The van der Waals surface area contributed by atoms with Crippen molar-refractivity contribution in [3.63, 3.8) is 0 Å². The topological polar surface area (TPSA) is 66.4 Å². The van der Waals surface area contributed by atoms with Crippen LogP contribution in [0, 0.1) is 5.82 Å². The molecule has 0 bridgehead atoms. The maximum absolute atomic E-state index is 12.6. The van der Waals surface area contributed by atoms with Gasteiger partial charge in [-0.25, -0.2) is 4.39 Å². The quantitative estimate of drug-likeness (QED) is 0.778. The van der Waals surface area contributed by atoms with E-state index in [0.717, 1.165) is 18.2 Å². The van der Waals surface area contributed by atoms with Crippen molar-refractivity contribution in [2.24, 2.45) is 0 Å². The van der Waals surface area contributed by atoms with Crippen molar-refractivity contribution in [1.29, 1.82) is 0 Å². The van der Waals surface area contributed by atoms with E-state index < -0.39 is 17.5 Å². The number of Topliss-reactive ketones (excluding diaryl/α,β-unsaturated/α-hetero) is 1. The molecule has 0 saturated carbocycles. The van der Waals surface area contributed by atoms with Gasteiger partial charge in [-0.3, -0.25) is 9.59 Å². The SMILES string of the molecule is CC(=O)CNC(=O)c1ccc(F)cc1O. The highest BCUT2D eigenvalue weighted by Gasteiger charge is 2.11. The Bertz CT molecular complexity index is 404. The van der Waals surface area contributed by atoms with Crippen LogP contribution in [0.5, 0.6) is 5.75 Å². The van der Waals surface area contributed by atoms with Crippen LogP contribution in [-0.4, -0.2) is 23.3 Å². The second-order valence-corrected chi connectivity index (χ2v) is 3.05. The van der Waals surface area contributed by atoms with Crippen molar-refractivity contribution in [2.45, 2.75) is 6.92 Å². The van der Waals surface area contributed by atoms with Gasteiger partial charge in [0.05, 0.1) is 12.1 Å². The molecule has 0 fully saturated rings. The number of carbonyl (C=O) groups excluding carboxylic acids is 2. The molecule has 1 rings (SSSR count). The van der Waals surface area contributed by atoms with Crippen molar-refractivity contribution in [3.05, 3.63) is 29.6 Å². The number of aromatic hydroxyl groups is 1. The van der Waals surface area contributed by atoms with Crippen LogP contribution in [-0.2, 0) is 4.79 Å². The first-order valence-corrected chi connectivity index (χ1v) is 4.27. The van der Waals surface area contributed by atoms with Gasteiger partial charge in [-0.2, -0.15) is 0 Å². The maximum Gasteiger partial charge on any atom is 0.255 e. The first kappa shape index (κ1) is 11.2. The molecule has 1 aromatic rings. The standard InChI is InChI=1S/C10H10FNO3/c1-6(13)5-12-10(15)8-3-2-7(11)4-9(8)14/h2-4,14H,5H2,1H3,(H,12,15). The van der Waals surface area contributed by atoms with Crippen LogP contribution >= 0.6 is 0 Å². The molecule has 2 N–H and O–H groups in total. The van der Waals surface area contributed by atoms with E-state index in [9.17, 15) is 19.1 Å². The summed E-state index contributed by atoms with van der Waals surface area (Å²) in [6, 6.07) is 3.05. The zero-order valence-electron chi connectivity index (χ0n) is 8.08. The van der Waals surface area contributed by atoms with E-state index in [2.05, 4.69) is 5.32 Å². The molecule has 0 heterocycles. The van der Waals surface area contributed by atoms with Gasteiger partial charge in [0.1, 0.15) is 17.3 Å². The Morgan fingerprint density at radius 1 is 1.47 bits per heavy atom. The number of halogens is 1. The smallest absolute Gasteiger partial charge is 0.255 e. The van der Waals surface area contributed by atoms with Crippen molar-refractivity contribution >= 4 is 11.7 Å². The highest BCUT2D eigenvalue weighted by atomic mass is 19.1. The number of phenols is 1. The highest BCUT2D eigenvalue weighted by Crippen LogP contribution is 2.17. The summed E-state index contributed by atoms with van der Waals surface area (Å²) >= 11 is 0. The minimum Gasteiger partial charge on any atom is -0.507 e. The molecular formula is C10H10FNO3. The summed E-state index contributed by atoms with van der Waals surface area (Å²) in [6.07, 6.45) is 0. The summed E-state index contributed by atoms with van der Waals surface area (Å²) in [6.45, 7) is 1.21. The zero-order chi connectivity index (χ0) is 11.4. The molecule has 15 heavy (non-hydrogen) atoms. The molecule has 1 amide bonds. The van der Waals surface area contributed by atoms with E-state index in [1.807, 2.05) is 0 Å². The number of phenolic OH excluding ortho intramolecular Hbond substituents is 1. The van der Waals surface area contributed by atoms with Crippen LogP contribution in [0.1, 0.15) is 17.3 Å². The molecule has 4 nitrogen and oxygen atoms in total. The Kier molecular flexibility index (Phi) is 3.38. The third-order valence-corrected chi connectivity index (χ3v) is 1.70. The summed E-state index contributed by atoms with van der Waals surface area (Å²) < 4.78 is 12.6. The van der Waals surface area contributed by atoms with E-state index >= 15 is 0 Å². The number of rotatable bonds is 3. The molecule has 0 aliphatic carbocycles. The molecule has 80 valence electrons. The Hall–Kier alpha value is -1.91. The van der Waals surface area contributed by atoms with Crippen molar-refractivity contribution in [3.8, 4) is 5.75 Å². The van der Waals surface area contributed by atoms with Gasteiger partial charge in [0.15, 0.2) is 0 Å². The summed E-state index contributed by atoms with van der Waals surface area (Å²) in [5, 5.41) is 11.5. The lowest BCUT2D eigenvalue weighted by Crippen LogP contribution is -2.28. The van der Waals surface area contributed by atoms with E-state index in [1.165, 1.54) is 6.92 Å². The predicted molar refractivity (Wildman–Crippen MR) is 51.1 cm³/mol. The number of hydrogen-bond donors (Lipinski definition) is 2. The van der Waals surface area contributed by atoms with Gasteiger partial charge in [0.2, 0.25) is 0 Å². The normalized spacial score (nSPS) is 9.73. The van der Waals surface area contributed by atoms with E-state index in [4.69, 9.17) is 0 Å². The Morgan fingerprint density at radius 2 is 2.13 bits per heavy atom. The number of amides is 1. The highest BCUT2D eigenvalue weighted by molar-refractivity contribution is 5.98. The maximum atomic E-state index is 12.6. The van der Waals surface area contributed by atoms with Crippen molar-refractivity contribution in [2.75, 3.05) is 6.54 Å². The summed E-state index contributed by atoms with van der Waals surface area (Å²) in [5.74, 6) is -1.89. The largest absolute Gasteiger partial charge is 0.507 e. The summed E-state index contributed by atoms with van der Waals surface area (Å²) in [4.78, 5) is 21.9. The number of benzene rings is 1. The number of ketones is 1. The number of hydrogen-bond acceptors (Lipinski definition) is 3. The summed E-state index contributed by atoms with van der Waals surface area (Å²) in [7, 11) is 0. The van der Waals surface area contributed by atoms with Gasteiger partial charge in [-0.1, -0.05) is 0 Å². The molecule has 0 aromatic heterocycles. The molecule has 1 aromatic carbocycles. The fourth-order valence-corrected chi connectivity index (χ4v) is 0.997. The fraction of sp³-hybridized carbons (Fsp3) is 0.200. The Labute approximate surface area is 85.7 Å². The van der Waals surface area contributed by atoms with Gasteiger partial charge in [0.25, 0.3) is 5.91 Å². The van der Waals surface area contributed by atoms with E-state index in [-0.39, 0.29) is 17.9 Å². The predicted octanol–water partition coefficient (Wildman–Crippen LogP) is 0.850. The average Bonchev–Trinajstić information content (AvgIpc) is 2.14. The van der Waals surface area contributed by atoms with Gasteiger partial charge in [0, 0.05) is 6.07 Å². The monoisotopic (exact) mass is 211 g/mol. The van der Waals surface area contributed by atoms with E-state index in [0.29, 0.717) is 0 Å². The molecule has 0 unspecified atom stereocenters. The lowest BCUT2D eigenvalue weighted by molar-refractivity contribution is -0.116. The third-order valence-electron chi connectivity index (χ3n) is 1.70. The van der Waals surface area contributed by atoms with Crippen LogP contribution in [0.25, 0.3) is 0 Å². The lowest BCUT2D eigenvalue weighted by Gasteiger charge is -2.04. The molecule has 0 atom stereocenters. The van der Waals surface area contributed by atoms with Gasteiger partial charge in [-0.05, 0) is 19.1 Å². The molecular weight excluding hydrogens is 201 g/mol. The van der Waals surface area contributed by atoms with Gasteiger partial charge >= 0.3 is 0 Å². The molecule has 0 spiro atoms. The Morgan fingerprint density at radius 3 is 2.67 bits per heavy atom. The lowest BCUT2D eigenvalue weighted by atomic mass is 10.2. The van der Waals surface area contributed by atoms with Crippen molar-refractivity contribution < 1.29 is 19.1 Å².